The van der Waals surface area contributed by atoms with Crippen LogP contribution in [0.5, 0.6) is 0 Å². The highest BCUT2D eigenvalue weighted by molar-refractivity contribution is 7.26. The van der Waals surface area contributed by atoms with E-state index in [1.165, 1.54) is 117 Å². The average molecular weight is 1360 g/mol. The minimum Gasteiger partial charge on any atom is -0.309 e. The molecule has 0 saturated heterocycles. The molecule has 0 unspecified atom stereocenters. The van der Waals surface area contributed by atoms with Gasteiger partial charge in [-0.1, -0.05) is 206 Å². The molecule has 10 heteroatoms. The van der Waals surface area contributed by atoms with Crippen molar-refractivity contribution < 1.29 is 0 Å². The molecule has 21 rings (SSSR count). The van der Waals surface area contributed by atoms with Gasteiger partial charge in [-0.25, -0.2) is 19.9 Å². The summed E-state index contributed by atoms with van der Waals surface area (Å²) < 4.78 is 10.0. The maximum Gasteiger partial charge on any atom is 0.161 e. The van der Waals surface area contributed by atoms with Crippen LogP contribution in [-0.2, 0) is 0 Å². The molecule has 0 N–H and O–H groups in total. The van der Waals surface area contributed by atoms with Gasteiger partial charge in [0.2, 0.25) is 0 Å². The normalized spacial score (nSPS) is 11.6. The van der Waals surface area contributed by atoms with Crippen molar-refractivity contribution >= 4 is 139 Å². The highest BCUT2D eigenvalue weighted by atomic mass is 32.1. The molecule has 0 fully saturated rings. The van der Waals surface area contributed by atoms with Gasteiger partial charge in [0.05, 0.1) is 33.1 Å². The fraction of sp³-hybridized carbons (Fsp3) is 0. The maximum atomic E-state index is 9.71. The first kappa shape index (κ1) is 60.2. The molecule has 482 valence electrons. The standard InChI is InChI=1S/C49H28N4S.C45H26N4S/c50-29-43-39-10-3-5-11-42(39)51-49(52-43)33-15-13-30(14-16-33)31-17-22-36(23-18-31)53-44-12-6-4-9-38(44)40-27-34(19-24-45(40)53)35-21-25-46-41(28-35)48-37-8-2-1-7-32(37)20-26-47(48)54-46;46-27-40-36-9-1-4-10-39(36)47-45(48-40)30-15-13-28(14-16-30)29-17-21-33(22-18-29)49-41-11-5-2-7-34(41)37-25-31(19-23-42(37)49)32-20-24-44-38(26-32)35-8-3-6-12-43(35)50-44/h1-28H;1-26H. The summed E-state index contributed by atoms with van der Waals surface area (Å²) in [5.74, 6) is 1.10. The lowest BCUT2D eigenvalue weighted by Crippen LogP contribution is -1.95. The van der Waals surface area contributed by atoms with E-state index in [4.69, 9.17) is 9.97 Å². The third kappa shape index (κ3) is 10.2. The van der Waals surface area contributed by atoms with E-state index in [1.807, 2.05) is 95.5 Å². The van der Waals surface area contributed by atoms with Crippen LogP contribution >= 0.6 is 22.7 Å². The summed E-state index contributed by atoms with van der Waals surface area (Å²) in [5, 5.41) is 33.8. The molecule has 0 bridgehead atoms. The van der Waals surface area contributed by atoms with Crippen molar-refractivity contribution in [3.8, 4) is 90.8 Å². The molecule has 6 aromatic heterocycles. The number of rotatable bonds is 8. The molecular weight excluding hydrogens is 1310 g/mol. The van der Waals surface area contributed by atoms with E-state index in [2.05, 4.69) is 286 Å². The van der Waals surface area contributed by atoms with Crippen LogP contribution in [0.4, 0.5) is 0 Å². The molecule has 21 aromatic rings. The Kier molecular flexibility index (Phi) is 14.2. The van der Waals surface area contributed by atoms with Gasteiger partial charge in [0, 0.05) is 95.2 Å². The number of fused-ring (bicyclic) bond motifs is 16. The highest BCUT2D eigenvalue weighted by Crippen LogP contribution is 2.44. The third-order valence-corrected chi connectivity index (χ3v) is 22.7. The number of hydrogen-bond donors (Lipinski definition) is 0. The van der Waals surface area contributed by atoms with Gasteiger partial charge in [0.15, 0.2) is 23.0 Å². The second-order valence-electron chi connectivity index (χ2n) is 26.2. The number of aromatic nitrogens is 6. The van der Waals surface area contributed by atoms with Crippen molar-refractivity contribution in [2.45, 2.75) is 0 Å². The van der Waals surface area contributed by atoms with Gasteiger partial charge < -0.3 is 9.13 Å². The zero-order chi connectivity index (χ0) is 68.9. The fourth-order valence-corrected chi connectivity index (χ4v) is 17.5. The molecule has 0 spiro atoms. The first-order valence-electron chi connectivity index (χ1n) is 34.5. The van der Waals surface area contributed by atoms with Crippen molar-refractivity contribution in [2.24, 2.45) is 0 Å². The fourth-order valence-electron chi connectivity index (χ4n) is 15.3. The van der Waals surface area contributed by atoms with Gasteiger partial charge in [0.1, 0.15) is 12.1 Å². The maximum absolute atomic E-state index is 9.71. The second-order valence-corrected chi connectivity index (χ2v) is 28.4. The van der Waals surface area contributed by atoms with Gasteiger partial charge >= 0.3 is 0 Å². The molecule has 0 amide bonds. The molecule has 0 radical (unpaired) electrons. The lowest BCUT2D eigenvalue weighted by Gasteiger charge is -2.10. The van der Waals surface area contributed by atoms with Crippen LogP contribution in [0.25, 0.3) is 195 Å². The predicted molar refractivity (Wildman–Crippen MR) is 433 cm³/mol. The minimum absolute atomic E-state index is 0.388. The number of nitrogens with zero attached hydrogens (tertiary/aromatic N) is 8. The molecule has 6 heterocycles. The van der Waals surface area contributed by atoms with Crippen LogP contribution in [0.1, 0.15) is 11.4 Å². The number of para-hydroxylation sites is 4. The molecule has 104 heavy (non-hydrogen) atoms. The van der Waals surface area contributed by atoms with Gasteiger partial charge in [0.25, 0.3) is 0 Å². The number of benzene rings is 15. The molecule has 8 nitrogen and oxygen atoms in total. The Labute approximate surface area is 604 Å². The molecular formula is C94H54N8S2. The van der Waals surface area contributed by atoms with Crippen molar-refractivity contribution in [3.63, 3.8) is 0 Å². The van der Waals surface area contributed by atoms with Crippen LogP contribution in [0.3, 0.4) is 0 Å². The SMILES string of the molecule is N#Cc1nc(-c2ccc(-c3ccc(-n4c5ccccc5c5cc(-c6ccc7sc8ccc9ccccc9c8c7c6)ccc54)cc3)cc2)nc2ccccc12.N#Cc1nc(-c2ccc(-c3ccc(-n4c5ccccc5c5cc(-c6ccc7sc8ccccc8c7c6)ccc54)cc3)cc2)nc2ccccc12. The Morgan fingerprint density at radius 2 is 0.587 bits per heavy atom. The van der Waals surface area contributed by atoms with Crippen LogP contribution < -0.4 is 0 Å². The van der Waals surface area contributed by atoms with Crippen LogP contribution in [-0.4, -0.2) is 29.1 Å². The van der Waals surface area contributed by atoms with E-state index in [-0.39, 0.29) is 0 Å². The zero-order valence-electron chi connectivity index (χ0n) is 55.6. The van der Waals surface area contributed by atoms with Gasteiger partial charge in [-0.3, -0.25) is 0 Å². The van der Waals surface area contributed by atoms with Gasteiger partial charge in [-0.05, 0) is 177 Å². The molecule has 15 aromatic carbocycles. The third-order valence-electron chi connectivity index (χ3n) is 20.4. The van der Waals surface area contributed by atoms with Crippen molar-refractivity contribution in [2.75, 3.05) is 0 Å². The zero-order valence-corrected chi connectivity index (χ0v) is 57.2. The molecule has 0 saturated carbocycles. The van der Waals surface area contributed by atoms with Crippen molar-refractivity contribution in [3.05, 3.63) is 339 Å². The summed E-state index contributed by atoms with van der Waals surface area (Å²) in [6.45, 7) is 0. The van der Waals surface area contributed by atoms with Crippen LogP contribution in [0, 0.1) is 22.7 Å². The van der Waals surface area contributed by atoms with E-state index < -0.39 is 0 Å². The predicted octanol–water partition coefficient (Wildman–Crippen LogP) is 25.1. The second kappa shape index (κ2) is 24.6. The average Bonchev–Trinajstić information content (AvgIpc) is 1.58. The van der Waals surface area contributed by atoms with Crippen LogP contribution in [0.15, 0.2) is 328 Å². The van der Waals surface area contributed by atoms with E-state index in [9.17, 15) is 10.5 Å². The van der Waals surface area contributed by atoms with E-state index >= 15 is 0 Å². The molecule has 0 atom stereocenters. The Morgan fingerprint density at radius 1 is 0.240 bits per heavy atom. The monoisotopic (exact) mass is 1360 g/mol. The Balaban J connectivity index is 0.000000139. The lowest BCUT2D eigenvalue weighted by atomic mass is 9.99. The summed E-state index contributed by atoms with van der Waals surface area (Å²) >= 11 is 3.72. The lowest BCUT2D eigenvalue weighted by molar-refractivity contribution is 1.18. The largest absolute Gasteiger partial charge is 0.309 e. The van der Waals surface area contributed by atoms with E-state index in [0.717, 1.165) is 66.6 Å². The number of thiophene rings is 2. The van der Waals surface area contributed by atoms with E-state index in [0.29, 0.717) is 23.0 Å². The summed E-state index contributed by atoms with van der Waals surface area (Å²) in [7, 11) is 0. The topological polar surface area (TPSA) is 109 Å². The number of nitriles is 2. The first-order valence-corrected chi connectivity index (χ1v) is 36.1. The van der Waals surface area contributed by atoms with Gasteiger partial charge in [-0.2, -0.15) is 10.5 Å². The smallest absolute Gasteiger partial charge is 0.161 e. The number of hydrogen-bond acceptors (Lipinski definition) is 8. The Hall–Kier alpha value is -13.7. The van der Waals surface area contributed by atoms with Crippen LogP contribution in [0.2, 0.25) is 0 Å². The summed E-state index contributed by atoms with van der Waals surface area (Å²) in [4.78, 5) is 18.6. The summed E-state index contributed by atoms with van der Waals surface area (Å²) in [5.41, 5.74) is 20.3. The van der Waals surface area contributed by atoms with E-state index in [1.54, 1.807) is 0 Å². The van der Waals surface area contributed by atoms with Crippen molar-refractivity contribution in [1.29, 1.82) is 10.5 Å². The minimum atomic E-state index is 0.388. The van der Waals surface area contributed by atoms with Crippen molar-refractivity contribution in [1.82, 2.24) is 29.1 Å². The quantitative estimate of drug-likeness (QED) is 0.150. The molecule has 0 aliphatic heterocycles. The summed E-state index contributed by atoms with van der Waals surface area (Å²) in [6.07, 6.45) is 0. The molecule has 0 aliphatic rings. The van der Waals surface area contributed by atoms with Gasteiger partial charge in [-0.15, -0.1) is 22.7 Å². The highest BCUT2D eigenvalue weighted by Gasteiger charge is 2.19. The summed E-state index contributed by atoms with van der Waals surface area (Å²) in [6, 6.07) is 121. The Bertz CT molecular complexity index is 7170. The first-order chi connectivity index (χ1) is 51.4. The molecule has 0 aliphatic carbocycles. The Morgan fingerprint density at radius 3 is 1.10 bits per heavy atom.